The van der Waals surface area contributed by atoms with Gasteiger partial charge in [0.25, 0.3) is 0 Å². The second-order valence-electron chi connectivity index (χ2n) is 7.64. The molecule has 2 aromatic carbocycles. The molecule has 0 spiro atoms. The number of methoxy groups -OCH3 is 1. The molecule has 0 aliphatic rings. The number of hydrogen-bond donors (Lipinski definition) is 0. The Labute approximate surface area is 186 Å². The highest BCUT2D eigenvalue weighted by Gasteiger charge is 2.19. The number of carbonyl (C=O) groups is 1. The second kappa shape index (κ2) is 9.53. The van der Waals surface area contributed by atoms with Gasteiger partial charge in [-0.1, -0.05) is 0 Å². The van der Waals surface area contributed by atoms with Gasteiger partial charge in [0.1, 0.15) is 11.4 Å². The molecular formula is C23H26N2O3S2. The Morgan fingerprint density at radius 2 is 1.83 bits per heavy atom. The predicted molar refractivity (Wildman–Crippen MR) is 124 cm³/mol. The van der Waals surface area contributed by atoms with Crippen LogP contribution in [0.1, 0.15) is 36.0 Å². The fourth-order valence-electron chi connectivity index (χ4n) is 2.91. The average molecular weight is 443 g/mol. The highest BCUT2D eigenvalue weighted by atomic mass is 32.2. The van der Waals surface area contributed by atoms with Gasteiger partial charge in [-0.2, -0.15) is 0 Å². The molecule has 0 unspecified atom stereocenters. The smallest absolute Gasteiger partial charge is 0.338 e. The van der Waals surface area contributed by atoms with E-state index in [2.05, 4.69) is 16.0 Å². The Bertz CT molecular complexity index is 981. The third-order valence-electron chi connectivity index (χ3n) is 4.29. The largest absolute Gasteiger partial charge is 0.496 e. The van der Waals surface area contributed by atoms with E-state index in [-0.39, 0.29) is 5.97 Å². The lowest BCUT2D eigenvalue weighted by atomic mass is 10.1. The number of ether oxygens (including phenoxy) is 2. The number of nitrogens with zero attached hydrogens (tertiary/aromatic N) is 2. The number of esters is 1. The first kappa shape index (κ1) is 22.2. The van der Waals surface area contributed by atoms with Gasteiger partial charge in [0.15, 0.2) is 0 Å². The molecule has 5 nitrogen and oxygen atoms in total. The minimum atomic E-state index is -0.523. The van der Waals surface area contributed by atoms with Crippen LogP contribution in [0.5, 0.6) is 5.75 Å². The van der Waals surface area contributed by atoms with Crippen molar-refractivity contribution in [3.05, 3.63) is 64.6 Å². The summed E-state index contributed by atoms with van der Waals surface area (Å²) in [5.41, 5.74) is 3.86. The maximum atomic E-state index is 12.4. The molecule has 0 radical (unpaired) electrons. The van der Waals surface area contributed by atoms with Gasteiger partial charge in [0, 0.05) is 22.4 Å². The fraction of sp³-hybridized carbons (Fsp3) is 0.304. The molecule has 1 heterocycles. The molecule has 0 saturated heterocycles. The zero-order valence-corrected chi connectivity index (χ0v) is 19.5. The van der Waals surface area contributed by atoms with Crippen LogP contribution in [0.4, 0.5) is 11.4 Å². The number of anilines is 2. The molecule has 0 aliphatic carbocycles. The van der Waals surface area contributed by atoms with E-state index >= 15 is 0 Å². The van der Waals surface area contributed by atoms with E-state index < -0.39 is 5.60 Å². The summed E-state index contributed by atoms with van der Waals surface area (Å²) in [5, 5.41) is 0. The quantitative estimate of drug-likeness (QED) is 0.322. The number of thiazole rings is 1. The summed E-state index contributed by atoms with van der Waals surface area (Å²) in [6, 6.07) is 13.7. The van der Waals surface area contributed by atoms with Crippen LogP contribution in [0.3, 0.4) is 0 Å². The lowest BCUT2D eigenvalue weighted by Gasteiger charge is -2.26. The van der Waals surface area contributed by atoms with Gasteiger partial charge >= 0.3 is 5.97 Å². The van der Waals surface area contributed by atoms with Gasteiger partial charge in [-0.15, -0.1) is 23.1 Å². The summed E-state index contributed by atoms with van der Waals surface area (Å²) in [5.74, 6) is 0.529. The molecule has 0 bridgehead atoms. The summed E-state index contributed by atoms with van der Waals surface area (Å²) in [6.07, 6.45) is 3.91. The molecule has 30 heavy (non-hydrogen) atoms. The van der Waals surface area contributed by atoms with Gasteiger partial charge in [-0.25, -0.2) is 4.79 Å². The van der Waals surface area contributed by atoms with Crippen molar-refractivity contribution in [2.75, 3.05) is 18.3 Å². The monoisotopic (exact) mass is 442 g/mol. The summed E-state index contributed by atoms with van der Waals surface area (Å²) < 4.78 is 10.9. The van der Waals surface area contributed by atoms with E-state index in [9.17, 15) is 4.79 Å². The number of benzene rings is 2. The van der Waals surface area contributed by atoms with E-state index in [1.807, 2.05) is 75.1 Å². The summed E-state index contributed by atoms with van der Waals surface area (Å²) in [6.45, 7) is 6.27. The van der Waals surface area contributed by atoms with Gasteiger partial charge in [-0.05, 0) is 69.5 Å². The predicted octanol–water partition coefficient (Wildman–Crippen LogP) is 6.17. The Morgan fingerprint density at radius 1 is 1.13 bits per heavy atom. The maximum Gasteiger partial charge on any atom is 0.338 e. The number of carbonyl (C=O) groups excluding carboxylic acids is 1. The van der Waals surface area contributed by atoms with Crippen LogP contribution < -0.4 is 9.64 Å². The Morgan fingerprint density at radius 3 is 2.40 bits per heavy atom. The highest BCUT2D eigenvalue weighted by Crippen LogP contribution is 2.36. The van der Waals surface area contributed by atoms with Crippen molar-refractivity contribution in [3.63, 3.8) is 0 Å². The Hall–Kier alpha value is -2.51. The van der Waals surface area contributed by atoms with Crippen molar-refractivity contribution in [1.29, 1.82) is 0 Å². The highest BCUT2D eigenvalue weighted by molar-refractivity contribution is 7.98. The van der Waals surface area contributed by atoms with Crippen LogP contribution in [0.2, 0.25) is 0 Å². The Balaban J connectivity index is 1.94. The van der Waals surface area contributed by atoms with E-state index in [1.54, 1.807) is 30.2 Å². The van der Waals surface area contributed by atoms with Gasteiger partial charge < -0.3 is 14.4 Å². The normalized spacial score (nSPS) is 11.2. The van der Waals surface area contributed by atoms with Crippen LogP contribution in [0.15, 0.2) is 59.1 Å². The van der Waals surface area contributed by atoms with Crippen molar-refractivity contribution < 1.29 is 14.3 Å². The van der Waals surface area contributed by atoms with E-state index in [1.165, 1.54) is 0 Å². The van der Waals surface area contributed by atoms with Crippen LogP contribution in [-0.4, -0.2) is 29.9 Å². The van der Waals surface area contributed by atoms with E-state index in [4.69, 9.17) is 9.47 Å². The molecular weight excluding hydrogens is 416 g/mol. The number of hydrogen-bond acceptors (Lipinski definition) is 7. The molecule has 0 atom stereocenters. The first-order valence-corrected chi connectivity index (χ1v) is 11.6. The number of aromatic nitrogens is 1. The standard InChI is InChI=1S/C23H26N2O3S2/c1-23(2,3)28-22(26)16-6-8-17(9-7-16)25(14-19-13-24-15-30-19)18-10-11-20(27-4)21(12-18)29-5/h6-13,15H,14H2,1-5H3. The van der Waals surface area contributed by atoms with Crippen LogP contribution in [-0.2, 0) is 11.3 Å². The van der Waals surface area contributed by atoms with Crippen molar-refractivity contribution in [2.24, 2.45) is 0 Å². The molecule has 3 aromatic rings. The first-order chi connectivity index (χ1) is 14.3. The molecule has 0 amide bonds. The summed E-state index contributed by atoms with van der Waals surface area (Å²) in [7, 11) is 1.68. The minimum Gasteiger partial charge on any atom is -0.496 e. The van der Waals surface area contributed by atoms with Gasteiger partial charge in [0.2, 0.25) is 0 Å². The van der Waals surface area contributed by atoms with Crippen LogP contribution >= 0.6 is 23.1 Å². The van der Waals surface area contributed by atoms with Crippen LogP contribution in [0, 0.1) is 0 Å². The Kier molecular flexibility index (Phi) is 7.05. The van der Waals surface area contributed by atoms with Crippen molar-refractivity contribution in [2.45, 2.75) is 37.8 Å². The molecule has 7 heteroatoms. The van der Waals surface area contributed by atoms with E-state index in [0.29, 0.717) is 12.1 Å². The molecule has 0 saturated carbocycles. The van der Waals surface area contributed by atoms with Crippen molar-refractivity contribution in [1.82, 2.24) is 4.98 Å². The van der Waals surface area contributed by atoms with E-state index in [0.717, 1.165) is 26.9 Å². The summed E-state index contributed by atoms with van der Waals surface area (Å²) in [4.78, 5) is 21.0. The second-order valence-corrected chi connectivity index (χ2v) is 9.46. The lowest BCUT2D eigenvalue weighted by Crippen LogP contribution is -2.24. The third-order valence-corrected chi connectivity index (χ3v) is 5.81. The molecule has 3 rings (SSSR count). The zero-order valence-electron chi connectivity index (χ0n) is 17.8. The van der Waals surface area contributed by atoms with Crippen molar-refractivity contribution >= 4 is 40.4 Å². The number of thioether (sulfide) groups is 1. The maximum absolute atomic E-state index is 12.4. The molecule has 158 valence electrons. The minimum absolute atomic E-state index is 0.322. The fourth-order valence-corrected chi connectivity index (χ4v) is 4.09. The van der Waals surface area contributed by atoms with Gasteiger partial charge in [-0.3, -0.25) is 4.98 Å². The molecule has 1 aromatic heterocycles. The first-order valence-electron chi connectivity index (χ1n) is 9.51. The third kappa shape index (κ3) is 5.55. The summed E-state index contributed by atoms with van der Waals surface area (Å²) >= 11 is 3.26. The molecule has 0 fully saturated rings. The lowest BCUT2D eigenvalue weighted by molar-refractivity contribution is 0.00695. The molecule has 0 aliphatic heterocycles. The number of rotatable bonds is 7. The SMILES string of the molecule is COc1ccc(N(Cc2cncs2)c2ccc(C(=O)OC(C)(C)C)cc2)cc1SC. The average Bonchev–Trinajstić information content (AvgIpc) is 3.23. The van der Waals surface area contributed by atoms with Gasteiger partial charge in [0.05, 0.1) is 29.6 Å². The van der Waals surface area contributed by atoms with Crippen molar-refractivity contribution in [3.8, 4) is 5.75 Å². The topological polar surface area (TPSA) is 51.7 Å². The zero-order chi connectivity index (χ0) is 21.7. The molecule has 0 N–H and O–H groups in total. The van der Waals surface area contributed by atoms with Crippen LogP contribution in [0.25, 0.3) is 0 Å².